The molecular formula is C12H22N6O2. The summed E-state index contributed by atoms with van der Waals surface area (Å²) < 4.78 is 5.51. The number of nitrogens with one attached hydrogen (secondary N) is 1. The van der Waals surface area contributed by atoms with E-state index in [1.165, 1.54) is 6.42 Å². The van der Waals surface area contributed by atoms with Gasteiger partial charge in [-0.05, 0) is 33.1 Å². The number of hydrazine groups is 1. The van der Waals surface area contributed by atoms with E-state index in [0.29, 0.717) is 18.5 Å². The zero-order valence-corrected chi connectivity index (χ0v) is 11.9. The second kappa shape index (κ2) is 6.67. The fourth-order valence-corrected chi connectivity index (χ4v) is 2.05. The first kappa shape index (κ1) is 14.7. The minimum atomic E-state index is -0.0362. The topological polar surface area (TPSA) is 109 Å². The summed E-state index contributed by atoms with van der Waals surface area (Å²) in [4.78, 5) is 14.6. The number of nitrogens with zero attached hydrogens (tertiary/aromatic N) is 4. The molecule has 1 saturated carbocycles. The van der Waals surface area contributed by atoms with Crippen molar-refractivity contribution in [1.29, 1.82) is 0 Å². The molecule has 1 aliphatic rings. The van der Waals surface area contributed by atoms with E-state index in [2.05, 4.69) is 20.4 Å². The molecule has 1 heterocycles. The van der Waals surface area contributed by atoms with Gasteiger partial charge in [-0.3, -0.25) is 5.43 Å². The van der Waals surface area contributed by atoms with Crippen molar-refractivity contribution in [2.45, 2.75) is 45.3 Å². The number of hydrogen-bond acceptors (Lipinski definition) is 8. The molecule has 0 aromatic carbocycles. The van der Waals surface area contributed by atoms with E-state index in [1.807, 2.05) is 18.7 Å². The molecule has 8 nitrogen and oxygen atoms in total. The Labute approximate surface area is 118 Å². The molecule has 0 saturated heterocycles. The van der Waals surface area contributed by atoms with Crippen molar-refractivity contribution in [2.75, 3.05) is 23.5 Å². The molecular weight excluding hydrogens is 260 g/mol. The molecule has 8 heteroatoms. The van der Waals surface area contributed by atoms with Crippen LogP contribution in [0.5, 0.6) is 6.01 Å². The predicted molar refractivity (Wildman–Crippen MR) is 75.5 cm³/mol. The number of anilines is 2. The molecule has 0 spiro atoms. The number of rotatable bonds is 7. The second-order valence-corrected chi connectivity index (χ2v) is 5.05. The fourth-order valence-electron chi connectivity index (χ4n) is 2.05. The van der Waals surface area contributed by atoms with Crippen LogP contribution in [0.4, 0.5) is 11.9 Å². The molecule has 20 heavy (non-hydrogen) atoms. The monoisotopic (exact) mass is 282 g/mol. The van der Waals surface area contributed by atoms with Gasteiger partial charge in [0.2, 0.25) is 11.9 Å². The molecule has 0 unspecified atom stereocenters. The predicted octanol–water partition coefficient (Wildman–Crippen LogP) is 0.296. The molecule has 0 radical (unpaired) electrons. The molecule has 1 aromatic rings. The van der Waals surface area contributed by atoms with Gasteiger partial charge in [0.05, 0.1) is 12.7 Å². The zero-order chi connectivity index (χ0) is 14.5. The van der Waals surface area contributed by atoms with E-state index >= 15 is 0 Å². The number of aliphatic hydroxyl groups is 1. The number of aliphatic hydroxyl groups excluding tert-OH is 1. The van der Waals surface area contributed by atoms with Crippen molar-refractivity contribution < 1.29 is 9.84 Å². The summed E-state index contributed by atoms with van der Waals surface area (Å²) in [7, 11) is 0. The first-order chi connectivity index (χ1) is 9.63. The molecule has 1 aromatic heterocycles. The van der Waals surface area contributed by atoms with Gasteiger partial charge in [-0.15, -0.1) is 0 Å². The Morgan fingerprint density at radius 2 is 2.15 bits per heavy atom. The van der Waals surface area contributed by atoms with Gasteiger partial charge in [0.15, 0.2) is 0 Å². The lowest BCUT2D eigenvalue weighted by molar-refractivity contribution is 0.221. The summed E-state index contributed by atoms with van der Waals surface area (Å²) in [6.07, 6.45) is 3.31. The van der Waals surface area contributed by atoms with Gasteiger partial charge in [-0.25, -0.2) is 5.84 Å². The summed E-state index contributed by atoms with van der Waals surface area (Å²) in [6.45, 7) is 4.33. The molecule has 0 bridgehead atoms. The van der Waals surface area contributed by atoms with Crippen molar-refractivity contribution >= 4 is 11.9 Å². The third kappa shape index (κ3) is 3.45. The maximum atomic E-state index is 9.22. The van der Waals surface area contributed by atoms with Crippen LogP contribution in [0.2, 0.25) is 0 Å². The Balaban J connectivity index is 2.26. The lowest BCUT2D eigenvalue weighted by Gasteiger charge is -2.37. The van der Waals surface area contributed by atoms with E-state index in [-0.39, 0.29) is 24.7 Å². The van der Waals surface area contributed by atoms with Crippen molar-refractivity contribution in [1.82, 2.24) is 15.0 Å². The van der Waals surface area contributed by atoms with Gasteiger partial charge in [-0.2, -0.15) is 15.0 Å². The van der Waals surface area contributed by atoms with E-state index in [1.54, 1.807) is 0 Å². The van der Waals surface area contributed by atoms with Crippen molar-refractivity contribution in [3.05, 3.63) is 0 Å². The van der Waals surface area contributed by atoms with Crippen LogP contribution in [0.3, 0.4) is 0 Å². The fraction of sp³-hybridized carbons (Fsp3) is 0.750. The normalized spacial score (nSPS) is 15.1. The lowest BCUT2D eigenvalue weighted by atomic mass is 9.92. The summed E-state index contributed by atoms with van der Waals surface area (Å²) in [6, 6.07) is 0.599. The highest BCUT2D eigenvalue weighted by Crippen LogP contribution is 2.28. The van der Waals surface area contributed by atoms with Crippen molar-refractivity contribution in [3.8, 4) is 6.01 Å². The highest BCUT2D eigenvalue weighted by Gasteiger charge is 2.27. The van der Waals surface area contributed by atoms with Crippen LogP contribution < -0.4 is 20.9 Å². The van der Waals surface area contributed by atoms with Gasteiger partial charge in [0.1, 0.15) is 0 Å². The summed E-state index contributed by atoms with van der Waals surface area (Å²) >= 11 is 0. The SMILES string of the molecule is CC(C)Oc1nc(NN)nc(N(CCO)C2CCC2)n1. The molecule has 2 rings (SSSR count). The highest BCUT2D eigenvalue weighted by molar-refractivity contribution is 5.39. The van der Waals surface area contributed by atoms with Crippen LogP contribution in [0.15, 0.2) is 0 Å². The van der Waals surface area contributed by atoms with Crippen LogP contribution in [-0.4, -0.2) is 45.4 Å². The Morgan fingerprint density at radius 1 is 1.40 bits per heavy atom. The number of aromatic nitrogens is 3. The maximum absolute atomic E-state index is 9.22. The van der Waals surface area contributed by atoms with Crippen LogP contribution in [0.25, 0.3) is 0 Å². The van der Waals surface area contributed by atoms with Crippen LogP contribution in [-0.2, 0) is 0 Å². The minimum Gasteiger partial charge on any atom is -0.461 e. The summed E-state index contributed by atoms with van der Waals surface area (Å²) in [5.74, 6) is 6.13. The molecule has 0 atom stereocenters. The highest BCUT2D eigenvalue weighted by atomic mass is 16.5. The number of nitrogen functional groups attached to an aromatic ring is 1. The Bertz CT molecular complexity index is 438. The molecule has 1 aliphatic carbocycles. The third-order valence-electron chi connectivity index (χ3n) is 3.19. The standard InChI is InChI=1S/C12H22N6O2/c1-8(2)20-12-15-10(17-13)14-11(16-12)18(6-7-19)9-4-3-5-9/h8-9,19H,3-7,13H2,1-2H3,(H,14,15,16,17). The molecule has 1 fully saturated rings. The average Bonchev–Trinajstić information content (AvgIpc) is 2.35. The van der Waals surface area contributed by atoms with Gasteiger partial charge >= 0.3 is 6.01 Å². The largest absolute Gasteiger partial charge is 0.461 e. The average molecular weight is 282 g/mol. The van der Waals surface area contributed by atoms with Gasteiger partial charge < -0.3 is 14.7 Å². The number of nitrogens with two attached hydrogens (primary N) is 1. The van der Waals surface area contributed by atoms with Gasteiger partial charge in [0.25, 0.3) is 0 Å². The first-order valence-electron chi connectivity index (χ1n) is 6.91. The van der Waals surface area contributed by atoms with Gasteiger partial charge in [0, 0.05) is 12.6 Å². The Kier molecular flexibility index (Phi) is 4.91. The van der Waals surface area contributed by atoms with E-state index in [4.69, 9.17) is 10.6 Å². The Hall–Kier alpha value is -1.67. The molecule has 112 valence electrons. The van der Waals surface area contributed by atoms with Crippen LogP contribution in [0.1, 0.15) is 33.1 Å². The van der Waals surface area contributed by atoms with E-state index in [9.17, 15) is 5.11 Å². The van der Waals surface area contributed by atoms with Crippen molar-refractivity contribution in [2.24, 2.45) is 5.84 Å². The minimum absolute atomic E-state index is 0.0362. The quantitative estimate of drug-likeness (QED) is 0.484. The summed E-state index contributed by atoms with van der Waals surface area (Å²) in [5, 5.41) is 9.22. The smallest absolute Gasteiger partial charge is 0.323 e. The second-order valence-electron chi connectivity index (χ2n) is 5.05. The van der Waals surface area contributed by atoms with Crippen LogP contribution >= 0.6 is 0 Å². The van der Waals surface area contributed by atoms with E-state index in [0.717, 1.165) is 12.8 Å². The molecule has 0 aliphatic heterocycles. The maximum Gasteiger partial charge on any atom is 0.323 e. The first-order valence-corrected chi connectivity index (χ1v) is 6.91. The van der Waals surface area contributed by atoms with Crippen LogP contribution in [0, 0.1) is 0 Å². The summed E-state index contributed by atoms with van der Waals surface area (Å²) in [5.41, 5.74) is 2.42. The number of hydrogen-bond donors (Lipinski definition) is 3. The lowest BCUT2D eigenvalue weighted by Crippen LogP contribution is -2.43. The van der Waals surface area contributed by atoms with E-state index < -0.39 is 0 Å². The molecule has 4 N–H and O–H groups in total. The van der Waals surface area contributed by atoms with Gasteiger partial charge in [-0.1, -0.05) is 0 Å². The number of ether oxygens (including phenoxy) is 1. The molecule has 0 amide bonds. The van der Waals surface area contributed by atoms with Crippen molar-refractivity contribution in [3.63, 3.8) is 0 Å². The third-order valence-corrected chi connectivity index (χ3v) is 3.19. The zero-order valence-electron chi connectivity index (χ0n) is 11.9. The Morgan fingerprint density at radius 3 is 2.65 bits per heavy atom.